The van der Waals surface area contributed by atoms with Crippen LogP contribution in [0.4, 0.5) is 5.69 Å². The first kappa shape index (κ1) is 16.1. The number of rotatable bonds is 4. The second kappa shape index (κ2) is 5.94. The quantitative estimate of drug-likeness (QED) is 0.553. The monoisotopic (exact) mass is 361 g/mol. The lowest BCUT2D eigenvalue weighted by Crippen LogP contribution is -2.35. The molecule has 1 saturated carbocycles. The predicted octanol–water partition coefficient (Wildman–Crippen LogP) is 4.37. The molecule has 6 nitrogen and oxygen atoms in total. The molecule has 1 atom stereocenters. The number of benzene rings is 2. The summed E-state index contributed by atoms with van der Waals surface area (Å²) in [6.07, 6.45) is 5.65. The lowest BCUT2D eigenvalue weighted by Gasteiger charge is -2.30. The Labute approximate surface area is 155 Å². The third-order valence-corrected chi connectivity index (χ3v) is 5.72. The number of carbonyl (C=O) groups is 1. The van der Waals surface area contributed by atoms with Gasteiger partial charge in [-0.1, -0.05) is 24.3 Å². The first-order valence-corrected chi connectivity index (χ1v) is 9.29. The number of carbonyl (C=O) groups excluding carboxylic acids is 1. The van der Waals surface area contributed by atoms with Crippen molar-refractivity contribution in [2.45, 2.75) is 37.8 Å². The fourth-order valence-electron chi connectivity index (χ4n) is 4.28. The molecule has 1 fully saturated rings. The smallest absolute Gasteiger partial charge is 0.270 e. The Balaban J connectivity index is 1.57. The highest BCUT2D eigenvalue weighted by molar-refractivity contribution is 6.07. The maximum absolute atomic E-state index is 13.5. The van der Waals surface area contributed by atoms with Gasteiger partial charge in [-0.05, 0) is 42.9 Å². The Morgan fingerprint density at radius 2 is 1.96 bits per heavy atom. The predicted molar refractivity (Wildman–Crippen MR) is 102 cm³/mol. The van der Waals surface area contributed by atoms with Crippen LogP contribution < -0.4 is 0 Å². The van der Waals surface area contributed by atoms with Crippen LogP contribution in [0.5, 0.6) is 0 Å². The van der Waals surface area contributed by atoms with Gasteiger partial charge in [-0.2, -0.15) is 0 Å². The lowest BCUT2D eigenvalue weighted by molar-refractivity contribution is -0.384. The van der Waals surface area contributed by atoms with E-state index in [0.29, 0.717) is 10.9 Å². The fourth-order valence-corrected chi connectivity index (χ4v) is 4.28. The van der Waals surface area contributed by atoms with E-state index >= 15 is 0 Å². The van der Waals surface area contributed by atoms with E-state index in [-0.39, 0.29) is 23.7 Å². The number of nitro benzene ring substituents is 1. The fraction of sp³-hybridized carbons (Fsp3) is 0.286. The molecule has 0 aliphatic heterocycles. The van der Waals surface area contributed by atoms with Crippen LogP contribution in [0.3, 0.4) is 0 Å². The molecule has 0 bridgehead atoms. The van der Waals surface area contributed by atoms with E-state index in [4.69, 9.17) is 0 Å². The van der Waals surface area contributed by atoms with Crippen LogP contribution in [-0.4, -0.2) is 26.8 Å². The number of fused-ring (bicyclic) bond motifs is 2. The van der Waals surface area contributed by atoms with Crippen LogP contribution in [0, 0.1) is 10.1 Å². The summed E-state index contributed by atoms with van der Waals surface area (Å²) < 4.78 is 0. The van der Waals surface area contributed by atoms with Crippen molar-refractivity contribution in [2.75, 3.05) is 0 Å². The van der Waals surface area contributed by atoms with Crippen LogP contribution >= 0.6 is 0 Å². The van der Waals surface area contributed by atoms with Gasteiger partial charge in [-0.25, -0.2) is 0 Å². The number of non-ortho nitro benzene ring substituents is 1. The molecule has 1 heterocycles. The van der Waals surface area contributed by atoms with Gasteiger partial charge in [-0.15, -0.1) is 0 Å². The van der Waals surface area contributed by atoms with Crippen LogP contribution in [0.15, 0.2) is 48.7 Å². The minimum atomic E-state index is -0.424. The molecule has 1 aromatic heterocycles. The van der Waals surface area contributed by atoms with E-state index < -0.39 is 4.92 Å². The summed E-state index contributed by atoms with van der Waals surface area (Å²) in [7, 11) is 0. The summed E-state index contributed by atoms with van der Waals surface area (Å²) in [6, 6.07) is 13.3. The van der Waals surface area contributed by atoms with Crippen molar-refractivity contribution in [1.29, 1.82) is 0 Å². The zero-order chi connectivity index (χ0) is 18.5. The summed E-state index contributed by atoms with van der Waals surface area (Å²) in [5, 5.41) is 11.8. The normalized spacial score (nSPS) is 18.4. The molecule has 1 N–H and O–H groups in total. The Morgan fingerprint density at radius 1 is 1.15 bits per heavy atom. The molecule has 3 aromatic rings. The molecule has 27 heavy (non-hydrogen) atoms. The second-order valence-electron chi connectivity index (χ2n) is 7.39. The molecule has 0 radical (unpaired) electrons. The van der Waals surface area contributed by atoms with Crippen molar-refractivity contribution in [3.63, 3.8) is 0 Å². The number of hydrogen-bond donors (Lipinski definition) is 1. The van der Waals surface area contributed by atoms with Gasteiger partial charge >= 0.3 is 0 Å². The average Bonchev–Trinajstić information content (AvgIpc) is 3.27. The first-order valence-electron chi connectivity index (χ1n) is 9.29. The van der Waals surface area contributed by atoms with E-state index in [9.17, 15) is 14.9 Å². The first-order chi connectivity index (χ1) is 13.1. The zero-order valence-electron chi connectivity index (χ0n) is 14.7. The number of aryl methyl sites for hydroxylation is 1. The van der Waals surface area contributed by atoms with Gasteiger partial charge < -0.3 is 9.88 Å². The number of H-pyrrole nitrogens is 1. The van der Waals surface area contributed by atoms with E-state index in [0.717, 1.165) is 31.2 Å². The van der Waals surface area contributed by atoms with Crippen molar-refractivity contribution >= 4 is 22.5 Å². The SMILES string of the molecule is O=C(c1c[nH]c2ccc([N+](=O)[O-])cc12)N(C1CC1)C1CCc2ccccc21. The van der Waals surface area contributed by atoms with Gasteiger partial charge in [0.05, 0.1) is 16.5 Å². The molecule has 1 amide bonds. The zero-order valence-corrected chi connectivity index (χ0v) is 14.7. The molecule has 5 rings (SSSR count). The lowest BCUT2D eigenvalue weighted by atomic mass is 10.0. The summed E-state index contributed by atoms with van der Waals surface area (Å²) in [4.78, 5) is 29.3. The molecule has 2 aliphatic rings. The minimum absolute atomic E-state index is 0.000309. The number of aromatic amines is 1. The molecule has 2 aromatic carbocycles. The molecule has 136 valence electrons. The van der Waals surface area contributed by atoms with Crippen molar-refractivity contribution in [2.24, 2.45) is 0 Å². The highest BCUT2D eigenvalue weighted by Gasteiger charge is 2.41. The summed E-state index contributed by atoms with van der Waals surface area (Å²) >= 11 is 0. The highest BCUT2D eigenvalue weighted by atomic mass is 16.6. The number of nitrogens with zero attached hydrogens (tertiary/aromatic N) is 2. The number of nitro groups is 1. The third kappa shape index (κ3) is 2.60. The van der Waals surface area contributed by atoms with Gasteiger partial charge in [0.25, 0.3) is 11.6 Å². The molecule has 1 unspecified atom stereocenters. The van der Waals surface area contributed by atoms with Crippen molar-refractivity contribution in [1.82, 2.24) is 9.88 Å². The molecule has 6 heteroatoms. The highest BCUT2D eigenvalue weighted by Crippen LogP contribution is 2.43. The molecular weight excluding hydrogens is 342 g/mol. The van der Waals surface area contributed by atoms with Crippen molar-refractivity contribution in [3.05, 3.63) is 75.5 Å². The Morgan fingerprint density at radius 3 is 2.74 bits per heavy atom. The van der Waals surface area contributed by atoms with E-state index in [1.807, 2.05) is 17.0 Å². The van der Waals surface area contributed by atoms with Crippen LogP contribution in [0.25, 0.3) is 10.9 Å². The number of amides is 1. The van der Waals surface area contributed by atoms with Crippen LogP contribution in [0.1, 0.15) is 46.8 Å². The number of hydrogen-bond acceptors (Lipinski definition) is 3. The van der Waals surface area contributed by atoms with E-state index in [2.05, 4.69) is 17.1 Å². The Hall–Kier alpha value is -3.15. The summed E-state index contributed by atoms with van der Waals surface area (Å²) in [5.74, 6) is -0.0362. The molecule has 2 aliphatic carbocycles. The average molecular weight is 361 g/mol. The van der Waals surface area contributed by atoms with Gasteiger partial charge in [0.2, 0.25) is 0 Å². The molecule has 0 spiro atoms. The summed E-state index contributed by atoms with van der Waals surface area (Å²) in [5.41, 5.74) is 3.82. The molecule has 0 saturated heterocycles. The molecular formula is C21H19N3O3. The topological polar surface area (TPSA) is 79.2 Å². The van der Waals surface area contributed by atoms with E-state index in [1.54, 1.807) is 12.3 Å². The largest absolute Gasteiger partial charge is 0.360 e. The third-order valence-electron chi connectivity index (χ3n) is 5.72. The standard InChI is InChI=1S/C21H19N3O3/c25-21(18-12-22-19-9-8-15(24(26)27)11-17(18)19)23(14-6-7-14)20-10-5-13-3-1-2-4-16(13)20/h1-4,8-9,11-12,14,20,22H,5-7,10H2. The summed E-state index contributed by atoms with van der Waals surface area (Å²) in [6.45, 7) is 0. The van der Waals surface area contributed by atoms with Crippen molar-refractivity contribution in [3.8, 4) is 0 Å². The maximum Gasteiger partial charge on any atom is 0.270 e. The van der Waals surface area contributed by atoms with Crippen molar-refractivity contribution < 1.29 is 9.72 Å². The Kier molecular flexibility index (Phi) is 3.53. The number of nitrogens with one attached hydrogen (secondary N) is 1. The maximum atomic E-state index is 13.5. The van der Waals surface area contributed by atoms with Gasteiger partial charge in [0.1, 0.15) is 0 Å². The second-order valence-corrected chi connectivity index (χ2v) is 7.39. The van der Waals surface area contributed by atoms with Crippen LogP contribution in [0.2, 0.25) is 0 Å². The van der Waals surface area contributed by atoms with Gasteiger partial charge in [0.15, 0.2) is 0 Å². The van der Waals surface area contributed by atoms with Gasteiger partial charge in [0, 0.05) is 35.3 Å². The van der Waals surface area contributed by atoms with Gasteiger partial charge in [-0.3, -0.25) is 14.9 Å². The number of aromatic nitrogens is 1. The Bertz CT molecular complexity index is 1070. The minimum Gasteiger partial charge on any atom is -0.360 e. The van der Waals surface area contributed by atoms with Crippen LogP contribution in [-0.2, 0) is 6.42 Å². The van der Waals surface area contributed by atoms with E-state index in [1.165, 1.54) is 23.3 Å².